The molecule has 0 spiro atoms. The van der Waals surface area contributed by atoms with Crippen LogP contribution in [0.5, 0.6) is 0 Å². The smallest absolute Gasteiger partial charge is 0.0544 e. The van der Waals surface area contributed by atoms with Crippen molar-refractivity contribution < 1.29 is 9.84 Å². The number of nitrogens with zero attached hydrogens (tertiary/aromatic N) is 1. The molecule has 84 valence electrons. The predicted molar refractivity (Wildman–Crippen MR) is 59.7 cm³/mol. The van der Waals surface area contributed by atoms with Crippen LogP contribution in [0, 0.1) is 0 Å². The molecule has 0 aromatic carbocycles. The standard InChI is InChI=1S/C12H19NO2/c1-15-10-2-3-12(14)5-4-11-6-8-13-9-7-11/h6-9,12,14H,2-5,10H2,1H3. The maximum atomic E-state index is 9.67. The molecule has 1 aromatic rings. The van der Waals surface area contributed by atoms with Gasteiger partial charge in [0.2, 0.25) is 0 Å². The van der Waals surface area contributed by atoms with E-state index in [1.807, 2.05) is 12.1 Å². The SMILES string of the molecule is COCCCC(O)CCc1ccncc1. The summed E-state index contributed by atoms with van der Waals surface area (Å²) in [5.74, 6) is 0. The number of methoxy groups -OCH3 is 1. The van der Waals surface area contributed by atoms with Crippen LogP contribution in [0.15, 0.2) is 24.5 Å². The molecule has 1 heterocycles. The third-order valence-corrected chi connectivity index (χ3v) is 2.40. The molecule has 15 heavy (non-hydrogen) atoms. The van der Waals surface area contributed by atoms with Gasteiger partial charge in [-0.2, -0.15) is 0 Å². The van der Waals surface area contributed by atoms with Crippen molar-refractivity contribution in [2.45, 2.75) is 31.8 Å². The molecule has 0 amide bonds. The Bertz CT molecular complexity index is 251. The zero-order chi connectivity index (χ0) is 10.9. The van der Waals surface area contributed by atoms with Gasteiger partial charge in [-0.25, -0.2) is 0 Å². The van der Waals surface area contributed by atoms with Gasteiger partial charge in [0.05, 0.1) is 6.10 Å². The first-order chi connectivity index (χ1) is 7.33. The number of rotatable bonds is 7. The van der Waals surface area contributed by atoms with Crippen molar-refractivity contribution in [2.75, 3.05) is 13.7 Å². The van der Waals surface area contributed by atoms with E-state index in [0.29, 0.717) is 0 Å². The van der Waals surface area contributed by atoms with Crippen LogP contribution in [0.3, 0.4) is 0 Å². The Kier molecular flexibility index (Phi) is 5.97. The van der Waals surface area contributed by atoms with Gasteiger partial charge in [-0.3, -0.25) is 4.98 Å². The van der Waals surface area contributed by atoms with Gasteiger partial charge in [-0.1, -0.05) is 0 Å². The fourth-order valence-corrected chi connectivity index (χ4v) is 1.49. The van der Waals surface area contributed by atoms with Crippen LogP contribution >= 0.6 is 0 Å². The largest absolute Gasteiger partial charge is 0.393 e. The van der Waals surface area contributed by atoms with Crippen molar-refractivity contribution in [3.05, 3.63) is 30.1 Å². The lowest BCUT2D eigenvalue weighted by atomic mass is 10.1. The van der Waals surface area contributed by atoms with Gasteiger partial charge in [0.15, 0.2) is 0 Å². The molecule has 0 saturated heterocycles. The minimum atomic E-state index is -0.215. The van der Waals surface area contributed by atoms with Crippen molar-refractivity contribution in [3.63, 3.8) is 0 Å². The zero-order valence-corrected chi connectivity index (χ0v) is 9.22. The Morgan fingerprint density at radius 2 is 2.07 bits per heavy atom. The molecule has 0 saturated carbocycles. The number of ether oxygens (including phenoxy) is 1. The number of aromatic nitrogens is 1. The van der Waals surface area contributed by atoms with E-state index < -0.39 is 0 Å². The van der Waals surface area contributed by atoms with Crippen LogP contribution in [0.25, 0.3) is 0 Å². The van der Waals surface area contributed by atoms with Crippen molar-refractivity contribution in [3.8, 4) is 0 Å². The Morgan fingerprint density at radius 1 is 1.33 bits per heavy atom. The predicted octanol–water partition coefficient (Wildman–Crippen LogP) is 1.80. The first-order valence-electron chi connectivity index (χ1n) is 5.39. The van der Waals surface area contributed by atoms with Crippen molar-refractivity contribution in [1.82, 2.24) is 4.98 Å². The molecular weight excluding hydrogens is 190 g/mol. The lowest BCUT2D eigenvalue weighted by Gasteiger charge is -2.09. The summed E-state index contributed by atoms with van der Waals surface area (Å²) in [7, 11) is 1.68. The summed E-state index contributed by atoms with van der Waals surface area (Å²) >= 11 is 0. The summed E-state index contributed by atoms with van der Waals surface area (Å²) in [5, 5.41) is 9.67. The van der Waals surface area contributed by atoms with Crippen LogP contribution in [-0.4, -0.2) is 29.9 Å². The summed E-state index contributed by atoms with van der Waals surface area (Å²) < 4.78 is 4.94. The molecule has 1 aromatic heterocycles. The van der Waals surface area contributed by atoms with E-state index in [1.54, 1.807) is 19.5 Å². The molecule has 1 rings (SSSR count). The van der Waals surface area contributed by atoms with Gasteiger partial charge in [0.25, 0.3) is 0 Å². The lowest BCUT2D eigenvalue weighted by molar-refractivity contribution is 0.128. The summed E-state index contributed by atoms with van der Waals surface area (Å²) in [6.07, 6.45) is 6.82. The van der Waals surface area contributed by atoms with Gasteiger partial charge in [0.1, 0.15) is 0 Å². The number of hydrogen-bond acceptors (Lipinski definition) is 3. The molecule has 3 heteroatoms. The second-order valence-corrected chi connectivity index (χ2v) is 3.68. The summed E-state index contributed by atoms with van der Waals surface area (Å²) in [6.45, 7) is 0.728. The van der Waals surface area contributed by atoms with Crippen molar-refractivity contribution in [2.24, 2.45) is 0 Å². The number of pyridine rings is 1. The van der Waals surface area contributed by atoms with Gasteiger partial charge in [-0.05, 0) is 43.4 Å². The highest BCUT2D eigenvalue weighted by Crippen LogP contribution is 2.07. The molecule has 0 fully saturated rings. The van der Waals surface area contributed by atoms with Crippen LogP contribution in [0.2, 0.25) is 0 Å². The minimum Gasteiger partial charge on any atom is -0.393 e. The Morgan fingerprint density at radius 3 is 2.73 bits per heavy atom. The number of aliphatic hydroxyl groups is 1. The second kappa shape index (κ2) is 7.37. The van der Waals surface area contributed by atoms with Crippen molar-refractivity contribution in [1.29, 1.82) is 0 Å². The van der Waals surface area contributed by atoms with E-state index >= 15 is 0 Å². The Balaban J connectivity index is 2.14. The molecule has 0 radical (unpaired) electrons. The van der Waals surface area contributed by atoms with Crippen molar-refractivity contribution >= 4 is 0 Å². The quantitative estimate of drug-likeness (QED) is 0.696. The summed E-state index contributed by atoms with van der Waals surface area (Å²) in [5.41, 5.74) is 1.23. The fourth-order valence-electron chi connectivity index (χ4n) is 1.49. The monoisotopic (exact) mass is 209 g/mol. The van der Waals surface area contributed by atoms with E-state index in [-0.39, 0.29) is 6.10 Å². The van der Waals surface area contributed by atoms with E-state index in [1.165, 1.54) is 5.56 Å². The van der Waals surface area contributed by atoms with Crippen LogP contribution < -0.4 is 0 Å². The van der Waals surface area contributed by atoms with E-state index in [9.17, 15) is 5.11 Å². The fraction of sp³-hybridized carbons (Fsp3) is 0.583. The number of hydrogen-bond donors (Lipinski definition) is 1. The van der Waals surface area contributed by atoms with Gasteiger partial charge >= 0.3 is 0 Å². The average Bonchev–Trinajstić information content (AvgIpc) is 2.28. The van der Waals surface area contributed by atoms with Crippen LogP contribution in [0.1, 0.15) is 24.8 Å². The maximum Gasteiger partial charge on any atom is 0.0544 e. The number of aryl methyl sites for hydroxylation is 1. The van der Waals surface area contributed by atoms with Crippen LogP contribution in [0.4, 0.5) is 0 Å². The third kappa shape index (κ3) is 5.50. The zero-order valence-electron chi connectivity index (χ0n) is 9.22. The molecule has 0 aliphatic heterocycles. The first kappa shape index (κ1) is 12.1. The molecule has 0 aliphatic rings. The average molecular weight is 209 g/mol. The molecule has 0 bridgehead atoms. The molecule has 1 atom stereocenters. The van der Waals surface area contributed by atoms with E-state index in [2.05, 4.69) is 4.98 Å². The summed E-state index contributed by atoms with van der Waals surface area (Å²) in [4.78, 5) is 3.95. The molecule has 1 unspecified atom stereocenters. The molecule has 1 N–H and O–H groups in total. The van der Waals surface area contributed by atoms with E-state index in [0.717, 1.165) is 32.3 Å². The third-order valence-electron chi connectivity index (χ3n) is 2.40. The Hall–Kier alpha value is -0.930. The van der Waals surface area contributed by atoms with Crippen LogP contribution in [-0.2, 0) is 11.2 Å². The normalized spacial score (nSPS) is 12.7. The van der Waals surface area contributed by atoms with E-state index in [4.69, 9.17) is 4.74 Å². The molecule has 3 nitrogen and oxygen atoms in total. The maximum absolute atomic E-state index is 9.67. The van der Waals surface area contributed by atoms with Gasteiger partial charge < -0.3 is 9.84 Å². The lowest BCUT2D eigenvalue weighted by Crippen LogP contribution is -2.09. The highest BCUT2D eigenvalue weighted by atomic mass is 16.5. The molecular formula is C12H19NO2. The first-order valence-corrected chi connectivity index (χ1v) is 5.39. The van der Waals surface area contributed by atoms with Gasteiger partial charge in [0, 0.05) is 26.1 Å². The number of aliphatic hydroxyl groups excluding tert-OH is 1. The second-order valence-electron chi connectivity index (χ2n) is 3.68. The highest BCUT2D eigenvalue weighted by Gasteiger charge is 2.03. The summed E-state index contributed by atoms with van der Waals surface area (Å²) in [6, 6.07) is 3.98. The van der Waals surface area contributed by atoms with Gasteiger partial charge in [-0.15, -0.1) is 0 Å². The Labute approximate surface area is 91.1 Å². The highest BCUT2D eigenvalue weighted by molar-refractivity contribution is 5.09. The topological polar surface area (TPSA) is 42.4 Å². The molecule has 0 aliphatic carbocycles. The minimum absolute atomic E-state index is 0.215.